The maximum Gasteiger partial charge on any atom is 0.333 e. The molecule has 0 spiro atoms. The Balaban J connectivity index is 2.66. The van der Waals surface area contributed by atoms with Crippen molar-refractivity contribution < 1.29 is 14.4 Å². The quantitative estimate of drug-likeness (QED) is 0.578. The van der Waals surface area contributed by atoms with E-state index in [1.165, 1.54) is 24.6 Å². The van der Waals surface area contributed by atoms with Crippen molar-refractivity contribution in [3.63, 3.8) is 0 Å². The second kappa shape index (κ2) is 6.18. The minimum Gasteiger partial charge on any atom is -0.366 e. The lowest BCUT2D eigenvalue weighted by atomic mass is 9.82. The Kier molecular flexibility index (Phi) is 5.10. The summed E-state index contributed by atoms with van der Waals surface area (Å²) in [6, 6.07) is 0. The number of hydrogen-bond donors (Lipinski definition) is 0. The Morgan fingerprint density at radius 2 is 1.74 bits per heavy atom. The van der Waals surface area contributed by atoms with Crippen molar-refractivity contribution >= 4 is 11.9 Å². The van der Waals surface area contributed by atoms with Crippen molar-refractivity contribution in [1.82, 2.24) is 5.06 Å². The summed E-state index contributed by atoms with van der Waals surface area (Å²) >= 11 is 0. The summed E-state index contributed by atoms with van der Waals surface area (Å²) in [4.78, 5) is 27.2. The van der Waals surface area contributed by atoms with Crippen LogP contribution in [0, 0.1) is 6.42 Å². The van der Waals surface area contributed by atoms with Gasteiger partial charge in [-0.15, -0.1) is 5.06 Å². The highest BCUT2D eigenvalue weighted by atomic mass is 16.7. The van der Waals surface area contributed by atoms with Crippen LogP contribution in [0.15, 0.2) is 18.2 Å². The first kappa shape index (κ1) is 15.7. The molecule has 4 heteroatoms. The van der Waals surface area contributed by atoms with Crippen LogP contribution in [0.25, 0.3) is 0 Å². The Morgan fingerprint density at radius 3 is 2.26 bits per heavy atom. The topological polar surface area (TPSA) is 46.6 Å². The third-order valence-corrected chi connectivity index (χ3v) is 3.37. The summed E-state index contributed by atoms with van der Waals surface area (Å²) in [6.45, 7) is 8.30. The van der Waals surface area contributed by atoms with Gasteiger partial charge in [-0.25, -0.2) is 9.59 Å². The zero-order valence-electron chi connectivity index (χ0n) is 12.1. The van der Waals surface area contributed by atoms with Crippen LogP contribution in [0.1, 0.15) is 47.0 Å². The minimum atomic E-state index is -0.432. The van der Waals surface area contributed by atoms with E-state index in [0.717, 1.165) is 19.3 Å². The number of hydrogen-bond acceptors (Lipinski definition) is 4. The van der Waals surface area contributed by atoms with E-state index in [1.54, 1.807) is 11.0 Å². The molecule has 0 aliphatic carbocycles. The summed E-state index contributed by atoms with van der Waals surface area (Å²) in [6.07, 6.45) is 8.52. The van der Waals surface area contributed by atoms with Gasteiger partial charge in [0.2, 0.25) is 0 Å². The normalized spacial score (nSPS) is 21.9. The average molecular weight is 264 g/mol. The fourth-order valence-electron chi connectivity index (χ4n) is 2.57. The second-order valence-electron chi connectivity index (χ2n) is 6.02. The molecule has 0 aromatic rings. The van der Waals surface area contributed by atoms with E-state index in [0.29, 0.717) is 0 Å². The summed E-state index contributed by atoms with van der Waals surface area (Å²) in [5.74, 6) is 1.17. The fourth-order valence-corrected chi connectivity index (χ4v) is 2.57. The number of carbonyl (C=O) groups is 1. The molecule has 0 bridgehead atoms. The molecule has 1 rings (SSSR count). The van der Waals surface area contributed by atoms with Crippen molar-refractivity contribution in [3.8, 4) is 0 Å². The van der Waals surface area contributed by atoms with E-state index in [1.807, 2.05) is 0 Å². The molecule has 1 aliphatic heterocycles. The van der Waals surface area contributed by atoms with Gasteiger partial charge in [-0.05, 0) is 47.0 Å². The van der Waals surface area contributed by atoms with E-state index in [9.17, 15) is 9.59 Å². The van der Waals surface area contributed by atoms with E-state index in [-0.39, 0.29) is 11.1 Å². The summed E-state index contributed by atoms with van der Waals surface area (Å²) in [5.41, 5.74) is -0.338. The molecule has 0 N–H and O–H groups in total. The van der Waals surface area contributed by atoms with Gasteiger partial charge in [0.1, 0.15) is 5.94 Å². The van der Waals surface area contributed by atoms with Crippen molar-refractivity contribution in [3.05, 3.63) is 24.6 Å². The van der Waals surface area contributed by atoms with Gasteiger partial charge >= 0.3 is 5.97 Å². The minimum absolute atomic E-state index is 0.169. The first-order valence-electron chi connectivity index (χ1n) is 6.53. The Bertz CT molecular complexity index is 388. The number of hydroxylamine groups is 2. The van der Waals surface area contributed by atoms with Gasteiger partial charge < -0.3 is 4.84 Å². The predicted octanol–water partition coefficient (Wildman–Crippen LogP) is 2.64. The summed E-state index contributed by atoms with van der Waals surface area (Å²) in [5, 5.41) is 1.80. The van der Waals surface area contributed by atoms with E-state index in [2.05, 4.69) is 27.7 Å². The highest BCUT2D eigenvalue weighted by molar-refractivity contribution is 5.81. The monoisotopic (exact) mass is 264 g/mol. The molecule has 105 valence electrons. The van der Waals surface area contributed by atoms with Gasteiger partial charge in [-0.1, -0.05) is 12.2 Å². The average Bonchev–Trinajstić information content (AvgIpc) is 2.29. The van der Waals surface area contributed by atoms with Gasteiger partial charge in [0.25, 0.3) is 0 Å². The SMILES string of the molecule is CC1(C)CCCC(C)(C)N1OC(=O)[CH]/C=C/C=C=O. The molecule has 0 saturated carbocycles. The number of allylic oxidation sites excluding steroid dienone is 2. The maximum atomic E-state index is 11.8. The van der Waals surface area contributed by atoms with E-state index in [4.69, 9.17) is 4.84 Å². The molecule has 0 aromatic carbocycles. The van der Waals surface area contributed by atoms with Crippen LogP contribution in [-0.2, 0) is 14.4 Å². The van der Waals surface area contributed by atoms with Crippen molar-refractivity contribution in [2.75, 3.05) is 0 Å². The van der Waals surface area contributed by atoms with E-state index >= 15 is 0 Å². The first-order chi connectivity index (χ1) is 8.79. The first-order valence-corrected chi connectivity index (χ1v) is 6.53. The smallest absolute Gasteiger partial charge is 0.333 e. The van der Waals surface area contributed by atoms with Gasteiger partial charge in [0.15, 0.2) is 0 Å². The molecule has 1 saturated heterocycles. The number of carbonyl (C=O) groups excluding carboxylic acids is 2. The zero-order valence-corrected chi connectivity index (χ0v) is 12.1. The van der Waals surface area contributed by atoms with Gasteiger partial charge in [-0.3, -0.25) is 0 Å². The molecular formula is C15H22NO3. The van der Waals surface area contributed by atoms with E-state index < -0.39 is 5.97 Å². The van der Waals surface area contributed by atoms with Crippen molar-refractivity contribution in [1.29, 1.82) is 0 Å². The molecular weight excluding hydrogens is 242 g/mol. The Labute approximate surface area is 115 Å². The largest absolute Gasteiger partial charge is 0.366 e. The highest BCUT2D eigenvalue weighted by Gasteiger charge is 2.44. The predicted molar refractivity (Wildman–Crippen MR) is 73.6 cm³/mol. The van der Waals surface area contributed by atoms with Crippen molar-refractivity contribution in [2.45, 2.75) is 58.0 Å². The maximum absolute atomic E-state index is 11.8. The molecule has 19 heavy (non-hydrogen) atoms. The lowest BCUT2D eigenvalue weighted by Gasteiger charge is -2.50. The molecule has 1 heterocycles. The summed E-state index contributed by atoms with van der Waals surface area (Å²) in [7, 11) is 0. The van der Waals surface area contributed by atoms with Crippen LogP contribution in [0.2, 0.25) is 0 Å². The summed E-state index contributed by atoms with van der Waals surface area (Å²) < 4.78 is 0. The molecule has 1 aliphatic rings. The lowest BCUT2D eigenvalue weighted by Crippen LogP contribution is -2.58. The second-order valence-corrected chi connectivity index (χ2v) is 6.02. The fraction of sp³-hybridized carbons (Fsp3) is 0.600. The molecule has 0 amide bonds. The molecule has 1 radical (unpaired) electrons. The van der Waals surface area contributed by atoms with Crippen LogP contribution in [0.4, 0.5) is 0 Å². The molecule has 0 unspecified atom stereocenters. The van der Waals surface area contributed by atoms with Crippen LogP contribution in [0.5, 0.6) is 0 Å². The zero-order chi connectivity index (χ0) is 14.5. The van der Waals surface area contributed by atoms with Crippen LogP contribution in [-0.4, -0.2) is 28.1 Å². The van der Waals surface area contributed by atoms with Gasteiger partial charge in [-0.2, -0.15) is 0 Å². The highest BCUT2D eigenvalue weighted by Crippen LogP contribution is 2.38. The van der Waals surface area contributed by atoms with Gasteiger partial charge in [0, 0.05) is 6.08 Å². The number of nitrogens with zero attached hydrogens (tertiary/aromatic N) is 1. The Morgan fingerprint density at radius 1 is 1.16 bits per heavy atom. The molecule has 0 aromatic heterocycles. The number of piperidine rings is 1. The van der Waals surface area contributed by atoms with Gasteiger partial charge in [0.05, 0.1) is 17.5 Å². The third-order valence-electron chi connectivity index (χ3n) is 3.37. The number of rotatable bonds is 4. The van der Waals surface area contributed by atoms with Crippen LogP contribution in [0.3, 0.4) is 0 Å². The molecule has 1 fully saturated rings. The standard InChI is InChI=1S/C15H22NO3/c1-14(2)10-8-11-15(3,4)16(14)19-13(18)9-6-5-7-12-17/h5-7,9H,8,10-11H2,1-4H3/b6-5+. The molecule has 4 nitrogen and oxygen atoms in total. The van der Waals surface area contributed by atoms with Crippen LogP contribution < -0.4 is 0 Å². The Hall–Kier alpha value is -1.38. The third kappa shape index (κ3) is 4.34. The molecule has 0 atom stereocenters. The van der Waals surface area contributed by atoms with Crippen molar-refractivity contribution in [2.24, 2.45) is 0 Å². The lowest BCUT2D eigenvalue weighted by molar-refractivity contribution is -0.262. The van der Waals surface area contributed by atoms with Crippen LogP contribution >= 0.6 is 0 Å².